The van der Waals surface area contributed by atoms with Crippen LogP contribution in [0.3, 0.4) is 0 Å². The smallest absolute Gasteiger partial charge is 0.260 e. The summed E-state index contributed by atoms with van der Waals surface area (Å²) in [4.78, 5) is 25.7. The third-order valence-electron chi connectivity index (χ3n) is 4.11. The van der Waals surface area contributed by atoms with Gasteiger partial charge in [0, 0.05) is 18.2 Å². The maximum atomic E-state index is 12.1. The molecular weight excluding hydrogens is 280 g/mol. The minimum Gasteiger partial charge on any atom is -0.481 e. The van der Waals surface area contributed by atoms with Crippen molar-refractivity contribution >= 4 is 11.7 Å². The number of carbonyl (C=O) groups excluding carboxylic acids is 2. The summed E-state index contributed by atoms with van der Waals surface area (Å²) in [6, 6.07) is 7.31. The lowest BCUT2D eigenvalue weighted by Crippen LogP contribution is -2.43. The number of likely N-dealkylation sites (tertiary alicyclic amines) is 1. The number of ether oxygens (including phenoxy) is 1. The highest BCUT2D eigenvalue weighted by Crippen LogP contribution is 2.16. The van der Waals surface area contributed by atoms with Gasteiger partial charge in [0.05, 0.1) is 0 Å². The zero-order valence-corrected chi connectivity index (χ0v) is 13.5. The Balaban J connectivity index is 1.85. The van der Waals surface area contributed by atoms with Crippen LogP contribution in [0.1, 0.15) is 37.0 Å². The number of hydrogen-bond donors (Lipinski definition) is 1. The average Bonchev–Trinajstić information content (AvgIpc) is 2.90. The maximum Gasteiger partial charge on any atom is 0.260 e. The Bertz CT molecular complexity index is 544. The van der Waals surface area contributed by atoms with Gasteiger partial charge in [-0.3, -0.25) is 9.59 Å². The number of nitrogens with zero attached hydrogens (tertiary/aromatic N) is 1. The van der Waals surface area contributed by atoms with E-state index in [9.17, 15) is 9.59 Å². The predicted octanol–water partition coefficient (Wildman–Crippen LogP) is 1.87. The normalized spacial score (nSPS) is 19.7. The topological polar surface area (TPSA) is 58.6 Å². The molecule has 0 spiro atoms. The molecule has 0 aliphatic carbocycles. The molecule has 1 amide bonds. The molecule has 5 nitrogen and oxygen atoms in total. The number of hydrogen-bond acceptors (Lipinski definition) is 4. The Hall–Kier alpha value is -1.88. The summed E-state index contributed by atoms with van der Waals surface area (Å²) in [6.07, 6.45) is 1.71. The first-order valence-electron chi connectivity index (χ1n) is 7.73. The van der Waals surface area contributed by atoms with Crippen molar-refractivity contribution in [1.29, 1.82) is 0 Å². The Kier molecular flexibility index (Phi) is 5.55. The molecule has 0 aromatic heterocycles. The van der Waals surface area contributed by atoms with Gasteiger partial charge in [0.25, 0.3) is 5.91 Å². The van der Waals surface area contributed by atoms with E-state index in [0.717, 1.165) is 13.0 Å². The number of benzene rings is 1. The predicted molar refractivity (Wildman–Crippen MR) is 85.2 cm³/mol. The number of nitrogens with one attached hydrogen (secondary N) is 1. The summed E-state index contributed by atoms with van der Waals surface area (Å²) in [7, 11) is 2.08. The summed E-state index contributed by atoms with van der Waals surface area (Å²) >= 11 is 0. The van der Waals surface area contributed by atoms with Crippen LogP contribution < -0.4 is 10.1 Å². The van der Waals surface area contributed by atoms with Crippen LogP contribution in [-0.4, -0.2) is 48.9 Å². The fourth-order valence-corrected chi connectivity index (χ4v) is 2.65. The Labute approximate surface area is 131 Å². The Morgan fingerprint density at radius 1 is 1.45 bits per heavy atom. The van der Waals surface area contributed by atoms with Crippen molar-refractivity contribution in [2.24, 2.45) is 0 Å². The number of likely N-dealkylation sites (N-methyl/N-ethyl adjacent to an activating group) is 1. The minimum atomic E-state index is -0.589. The lowest BCUT2D eigenvalue weighted by atomic mass is 10.1. The van der Waals surface area contributed by atoms with E-state index < -0.39 is 6.10 Å². The lowest BCUT2D eigenvalue weighted by molar-refractivity contribution is -0.127. The second-order valence-electron chi connectivity index (χ2n) is 5.87. The van der Waals surface area contributed by atoms with Gasteiger partial charge in [-0.2, -0.15) is 0 Å². The number of ketones is 1. The first-order valence-corrected chi connectivity index (χ1v) is 7.73. The molecule has 1 heterocycles. The van der Waals surface area contributed by atoms with E-state index >= 15 is 0 Å². The highest BCUT2D eigenvalue weighted by atomic mass is 16.5. The van der Waals surface area contributed by atoms with Gasteiger partial charge < -0.3 is 15.0 Å². The summed E-state index contributed by atoms with van der Waals surface area (Å²) in [5.41, 5.74) is 0.581. The van der Waals surface area contributed by atoms with Crippen LogP contribution in [0.5, 0.6) is 5.75 Å². The summed E-state index contributed by atoms with van der Waals surface area (Å²) in [5, 5.41) is 2.94. The van der Waals surface area contributed by atoms with Gasteiger partial charge in [0.2, 0.25) is 0 Å². The second-order valence-corrected chi connectivity index (χ2v) is 5.87. The van der Waals surface area contributed by atoms with Gasteiger partial charge in [-0.25, -0.2) is 0 Å². The minimum absolute atomic E-state index is 0.0215. The molecule has 2 atom stereocenters. The molecule has 1 aliphatic heterocycles. The number of amides is 1. The molecule has 0 radical (unpaired) electrons. The van der Waals surface area contributed by atoms with Crippen molar-refractivity contribution in [3.63, 3.8) is 0 Å². The van der Waals surface area contributed by atoms with Gasteiger partial charge in [0.15, 0.2) is 11.9 Å². The van der Waals surface area contributed by atoms with Crippen LogP contribution in [0, 0.1) is 0 Å². The molecule has 1 fully saturated rings. The summed E-state index contributed by atoms with van der Waals surface area (Å²) in [5.74, 6) is 0.383. The van der Waals surface area contributed by atoms with Crippen molar-refractivity contribution in [3.8, 4) is 5.75 Å². The van der Waals surface area contributed by atoms with Gasteiger partial charge in [-0.15, -0.1) is 0 Å². The molecule has 1 aromatic carbocycles. The molecule has 1 aliphatic rings. The monoisotopic (exact) mass is 304 g/mol. The van der Waals surface area contributed by atoms with Gasteiger partial charge in [0.1, 0.15) is 5.75 Å². The van der Waals surface area contributed by atoms with Crippen molar-refractivity contribution in [2.45, 2.75) is 38.8 Å². The van der Waals surface area contributed by atoms with Crippen molar-refractivity contribution in [3.05, 3.63) is 29.8 Å². The van der Waals surface area contributed by atoms with Crippen molar-refractivity contribution in [1.82, 2.24) is 10.2 Å². The van der Waals surface area contributed by atoms with Gasteiger partial charge >= 0.3 is 0 Å². The lowest BCUT2D eigenvalue weighted by Gasteiger charge is -2.21. The Morgan fingerprint density at radius 3 is 2.86 bits per heavy atom. The zero-order chi connectivity index (χ0) is 16.1. The van der Waals surface area contributed by atoms with E-state index in [2.05, 4.69) is 17.3 Å². The first-order chi connectivity index (χ1) is 10.5. The standard InChI is InChI=1S/C17H24N2O3/c1-12(20)14-6-4-8-16(10-14)22-13(2)17(21)18-11-15-7-5-9-19(15)3/h4,6,8,10,13,15H,5,7,9,11H2,1-3H3,(H,18,21)/t13-,15+/m0/s1. The van der Waals surface area contributed by atoms with Gasteiger partial charge in [-0.05, 0) is 52.4 Å². The SMILES string of the molecule is CC(=O)c1cccc(O[C@@H](C)C(=O)NC[C@H]2CCCN2C)c1. The molecule has 22 heavy (non-hydrogen) atoms. The van der Waals surface area contributed by atoms with Crippen molar-refractivity contribution in [2.75, 3.05) is 20.1 Å². The van der Waals surface area contributed by atoms with Crippen LogP contribution in [0.25, 0.3) is 0 Å². The number of Topliss-reactive ketones (excluding diaryl/α,β-unsaturated/α-hetero) is 1. The van der Waals surface area contributed by atoms with Crippen LogP contribution >= 0.6 is 0 Å². The van der Waals surface area contributed by atoms with Crippen LogP contribution in [0.4, 0.5) is 0 Å². The molecule has 0 unspecified atom stereocenters. The van der Waals surface area contributed by atoms with Gasteiger partial charge in [-0.1, -0.05) is 12.1 Å². The molecule has 0 saturated carbocycles. The van der Waals surface area contributed by atoms with Crippen molar-refractivity contribution < 1.29 is 14.3 Å². The van der Waals surface area contributed by atoms with Crippen LogP contribution in [0.2, 0.25) is 0 Å². The van der Waals surface area contributed by atoms with E-state index in [4.69, 9.17) is 4.74 Å². The summed E-state index contributed by atoms with van der Waals surface area (Å²) in [6.45, 7) is 4.96. The average molecular weight is 304 g/mol. The van der Waals surface area contributed by atoms with E-state index in [1.54, 1.807) is 31.2 Å². The zero-order valence-electron chi connectivity index (χ0n) is 13.5. The van der Waals surface area contributed by atoms with E-state index in [1.165, 1.54) is 13.3 Å². The van der Waals surface area contributed by atoms with E-state index in [0.29, 0.717) is 23.9 Å². The fourth-order valence-electron chi connectivity index (χ4n) is 2.65. The fraction of sp³-hybridized carbons (Fsp3) is 0.529. The maximum absolute atomic E-state index is 12.1. The number of rotatable bonds is 6. The molecular formula is C17H24N2O3. The van der Waals surface area contributed by atoms with Crippen LogP contribution in [0.15, 0.2) is 24.3 Å². The molecule has 1 saturated heterocycles. The molecule has 5 heteroatoms. The molecule has 0 bridgehead atoms. The highest BCUT2D eigenvalue weighted by Gasteiger charge is 2.22. The van der Waals surface area contributed by atoms with E-state index in [1.807, 2.05) is 0 Å². The van der Waals surface area contributed by atoms with Crippen LogP contribution in [-0.2, 0) is 4.79 Å². The highest BCUT2D eigenvalue weighted by molar-refractivity contribution is 5.94. The molecule has 2 rings (SSSR count). The number of carbonyl (C=O) groups is 2. The molecule has 1 N–H and O–H groups in total. The summed E-state index contributed by atoms with van der Waals surface area (Å²) < 4.78 is 5.63. The first kappa shape index (κ1) is 16.5. The largest absolute Gasteiger partial charge is 0.481 e. The molecule has 120 valence electrons. The Morgan fingerprint density at radius 2 is 2.23 bits per heavy atom. The second kappa shape index (κ2) is 7.40. The quantitative estimate of drug-likeness (QED) is 0.815. The molecule has 1 aromatic rings. The third-order valence-corrected chi connectivity index (χ3v) is 4.11. The third kappa shape index (κ3) is 4.31. The van der Waals surface area contributed by atoms with E-state index in [-0.39, 0.29) is 11.7 Å².